The number of halogens is 1. The molecule has 0 radical (unpaired) electrons. The summed E-state index contributed by atoms with van der Waals surface area (Å²) in [6.45, 7) is 1.19. The van der Waals surface area contributed by atoms with Crippen LogP contribution >= 0.6 is 11.6 Å². The minimum absolute atomic E-state index is 0.435. The van der Waals surface area contributed by atoms with Gasteiger partial charge in [0.1, 0.15) is 0 Å². The fraction of sp³-hybridized carbons (Fsp3) is 0.455. The molecule has 0 amide bonds. The third kappa shape index (κ3) is 2.11. The van der Waals surface area contributed by atoms with Crippen molar-refractivity contribution in [1.82, 2.24) is 5.32 Å². The maximum absolute atomic E-state index is 6.10. The molecule has 5 rings (SSSR count). The Morgan fingerprint density at radius 3 is 2.75 bits per heavy atom. The molecule has 2 bridgehead atoms. The topological polar surface area (TPSA) is 12.0 Å². The number of rotatable bonds is 1. The van der Waals surface area contributed by atoms with E-state index in [1.807, 2.05) is 12.1 Å². The van der Waals surface area contributed by atoms with E-state index in [1.54, 1.807) is 11.1 Å². The fourth-order valence-electron chi connectivity index (χ4n) is 5.86. The van der Waals surface area contributed by atoms with Crippen molar-refractivity contribution in [2.45, 2.75) is 50.0 Å². The van der Waals surface area contributed by atoms with Crippen molar-refractivity contribution in [3.05, 3.63) is 58.6 Å². The average Bonchev–Trinajstić information content (AvgIpc) is 2.62. The van der Waals surface area contributed by atoms with Gasteiger partial charge >= 0.3 is 0 Å². The van der Waals surface area contributed by atoms with Crippen molar-refractivity contribution in [2.75, 3.05) is 6.54 Å². The van der Waals surface area contributed by atoms with Gasteiger partial charge in [-0.1, -0.05) is 54.8 Å². The maximum atomic E-state index is 6.10. The molecule has 1 saturated heterocycles. The largest absolute Gasteiger partial charge is 0.313 e. The van der Waals surface area contributed by atoms with Gasteiger partial charge in [0.15, 0.2) is 0 Å². The number of hydrogen-bond acceptors (Lipinski definition) is 1. The summed E-state index contributed by atoms with van der Waals surface area (Å²) in [6.07, 6.45) is 8.09. The number of hydrogen-bond donors (Lipinski definition) is 1. The molecule has 2 aromatic rings. The summed E-state index contributed by atoms with van der Waals surface area (Å²) in [4.78, 5) is 0. The van der Waals surface area contributed by atoms with Crippen molar-refractivity contribution in [3.8, 4) is 11.1 Å². The van der Waals surface area contributed by atoms with Crippen LogP contribution in [-0.2, 0) is 11.8 Å². The summed E-state index contributed by atoms with van der Waals surface area (Å²) in [6, 6.07) is 16.1. The average molecular weight is 338 g/mol. The summed E-state index contributed by atoms with van der Waals surface area (Å²) >= 11 is 6.10. The maximum Gasteiger partial charge on any atom is 0.0406 e. The molecule has 0 unspecified atom stereocenters. The number of nitrogens with one attached hydrogen (secondary N) is 1. The van der Waals surface area contributed by atoms with Crippen LogP contribution in [-0.4, -0.2) is 12.6 Å². The first-order valence-corrected chi connectivity index (χ1v) is 9.77. The predicted molar refractivity (Wildman–Crippen MR) is 101 cm³/mol. The molecule has 3 aliphatic rings. The molecule has 1 heterocycles. The number of benzene rings is 2. The third-order valence-electron chi connectivity index (χ3n) is 6.85. The molecule has 1 N–H and O–H groups in total. The zero-order valence-electron chi connectivity index (χ0n) is 14.0. The first-order chi connectivity index (χ1) is 11.8. The van der Waals surface area contributed by atoms with Crippen molar-refractivity contribution in [3.63, 3.8) is 0 Å². The highest BCUT2D eigenvalue weighted by Gasteiger charge is 2.51. The predicted octanol–water partition coefficient (Wildman–Crippen LogP) is 5.35. The molecule has 1 aliphatic heterocycles. The van der Waals surface area contributed by atoms with Gasteiger partial charge in [-0.3, -0.25) is 0 Å². The quantitative estimate of drug-likeness (QED) is 0.739. The lowest BCUT2D eigenvalue weighted by Crippen LogP contribution is -2.59. The van der Waals surface area contributed by atoms with Crippen molar-refractivity contribution in [1.29, 1.82) is 0 Å². The van der Waals surface area contributed by atoms with E-state index in [1.165, 1.54) is 56.2 Å². The van der Waals surface area contributed by atoms with E-state index in [-0.39, 0.29) is 0 Å². The molecule has 1 saturated carbocycles. The van der Waals surface area contributed by atoms with E-state index < -0.39 is 0 Å². The van der Waals surface area contributed by atoms with Gasteiger partial charge in [-0.15, -0.1) is 0 Å². The Bertz CT molecular complexity index is 762. The molecule has 3 atom stereocenters. The smallest absolute Gasteiger partial charge is 0.0406 e. The monoisotopic (exact) mass is 337 g/mol. The van der Waals surface area contributed by atoms with Gasteiger partial charge in [0.25, 0.3) is 0 Å². The normalized spacial score (nSPS) is 31.2. The second-order valence-electron chi connectivity index (χ2n) is 7.86. The zero-order chi connectivity index (χ0) is 16.1. The Labute approximate surface area is 149 Å². The Hall–Kier alpha value is -1.31. The van der Waals surface area contributed by atoms with Crippen LogP contribution in [0.3, 0.4) is 0 Å². The van der Waals surface area contributed by atoms with E-state index in [2.05, 4.69) is 35.6 Å². The van der Waals surface area contributed by atoms with Gasteiger partial charge < -0.3 is 5.32 Å². The van der Waals surface area contributed by atoms with Crippen LogP contribution in [0.2, 0.25) is 5.02 Å². The second kappa shape index (κ2) is 5.61. The van der Waals surface area contributed by atoms with E-state index in [4.69, 9.17) is 11.6 Å². The molecule has 1 nitrogen and oxygen atoms in total. The fourth-order valence-corrected chi connectivity index (χ4v) is 5.99. The van der Waals surface area contributed by atoms with Gasteiger partial charge in [-0.05, 0) is 72.5 Å². The van der Waals surface area contributed by atoms with E-state index in [0.29, 0.717) is 11.5 Å². The molecule has 2 fully saturated rings. The Morgan fingerprint density at radius 2 is 1.88 bits per heavy atom. The van der Waals surface area contributed by atoms with Crippen molar-refractivity contribution >= 4 is 11.6 Å². The van der Waals surface area contributed by atoms with Crippen molar-refractivity contribution < 1.29 is 0 Å². The third-order valence-corrected chi connectivity index (χ3v) is 7.10. The summed E-state index contributed by atoms with van der Waals surface area (Å²) in [5, 5.41) is 4.66. The Morgan fingerprint density at radius 1 is 1.00 bits per heavy atom. The van der Waals surface area contributed by atoms with Crippen LogP contribution < -0.4 is 5.32 Å². The zero-order valence-corrected chi connectivity index (χ0v) is 14.8. The first kappa shape index (κ1) is 15.0. The lowest BCUT2D eigenvalue weighted by atomic mass is 9.52. The molecule has 2 heteroatoms. The summed E-state index contributed by atoms with van der Waals surface area (Å²) < 4.78 is 0. The van der Waals surface area contributed by atoms with Crippen LogP contribution in [0, 0.1) is 5.92 Å². The van der Waals surface area contributed by atoms with E-state index in [0.717, 1.165) is 10.9 Å². The number of piperidine rings is 1. The SMILES string of the molecule is Clc1ccc(-c2cccc3c2C[C@H]2NCC[C@@]34CCCC[C@@H]24)cc1. The highest BCUT2D eigenvalue weighted by atomic mass is 35.5. The second-order valence-corrected chi connectivity index (χ2v) is 8.30. The minimum Gasteiger partial charge on any atom is -0.313 e. The molecule has 24 heavy (non-hydrogen) atoms. The molecule has 124 valence electrons. The minimum atomic E-state index is 0.435. The van der Waals surface area contributed by atoms with Gasteiger partial charge in [0.2, 0.25) is 0 Å². The summed E-state index contributed by atoms with van der Waals surface area (Å²) in [5.74, 6) is 0.841. The molecule has 2 aromatic carbocycles. The molecular weight excluding hydrogens is 314 g/mol. The summed E-state index contributed by atoms with van der Waals surface area (Å²) in [5.41, 5.74) is 6.42. The van der Waals surface area contributed by atoms with Crippen LogP contribution in [0.4, 0.5) is 0 Å². The van der Waals surface area contributed by atoms with Gasteiger partial charge in [-0.2, -0.15) is 0 Å². The van der Waals surface area contributed by atoms with E-state index >= 15 is 0 Å². The lowest BCUT2D eigenvalue weighted by molar-refractivity contribution is 0.0799. The van der Waals surface area contributed by atoms with Crippen LogP contribution in [0.5, 0.6) is 0 Å². The Kier molecular flexibility index (Phi) is 3.50. The van der Waals surface area contributed by atoms with Gasteiger partial charge in [-0.25, -0.2) is 0 Å². The highest BCUT2D eigenvalue weighted by Crippen LogP contribution is 2.55. The lowest BCUT2D eigenvalue weighted by Gasteiger charge is -2.56. The van der Waals surface area contributed by atoms with Crippen LogP contribution in [0.1, 0.15) is 43.2 Å². The van der Waals surface area contributed by atoms with Gasteiger partial charge in [0, 0.05) is 16.5 Å². The molecular formula is C22H24ClN. The summed E-state index contributed by atoms with van der Waals surface area (Å²) in [7, 11) is 0. The molecule has 0 spiro atoms. The highest BCUT2D eigenvalue weighted by molar-refractivity contribution is 6.30. The van der Waals surface area contributed by atoms with Crippen molar-refractivity contribution in [2.24, 2.45) is 5.92 Å². The molecule has 2 aliphatic carbocycles. The van der Waals surface area contributed by atoms with E-state index in [9.17, 15) is 0 Å². The standard InChI is InChI=1S/C22H24ClN/c23-16-9-7-15(8-10-16)17-4-3-6-19-18(17)14-21-20-5-1-2-11-22(19,20)12-13-24-21/h3-4,6-10,20-21,24H,1-2,5,11-14H2/t20-,21+,22-/m0/s1. The first-order valence-electron chi connectivity index (χ1n) is 9.40. The Balaban J connectivity index is 1.69. The number of fused-ring (bicyclic) bond motifs is 1. The van der Waals surface area contributed by atoms with Crippen LogP contribution in [0.25, 0.3) is 11.1 Å². The molecule has 0 aromatic heterocycles. The van der Waals surface area contributed by atoms with Crippen LogP contribution in [0.15, 0.2) is 42.5 Å². The van der Waals surface area contributed by atoms with Gasteiger partial charge in [0.05, 0.1) is 0 Å².